The average Bonchev–Trinajstić information content (AvgIpc) is 3.16. The van der Waals surface area contributed by atoms with E-state index in [-0.39, 0.29) is 34.7 Å². The van der Waals surface area contributed by atoms with Crippen LogP contribution in [0.2, 0.25) is 0 Å². The number of benzene rings is 1. The highest BCUT2D eigenvalue weighted by Gasteiger charge is 2.38. The number of hydrogen-bond acceptors (Lipinski definition) is 4. The number of carbonyl (C=O) groups is 2. The fourth-order valence-corrected chi connectivity index (χ4v) is 3.71. The summed E-state index contributed by atoms with van der Waals surface area (Å²) in [5.74, 6) is -1.13. The highest BCUT2D eigenvalue weighted by atomic mass is 16.3. The van der Waals surface area contributed by atoms with Crippen molar-refractivity contribution >= 4 is 17.3 Å². The first kappa shape index (κ1) is 16.6. The van der Waals surface area contributed by atoms with Gasteiger partial charge in [0.2, 0.25) is 0 Å². The minimum atomic E-state index is -0.351. The molecule has 0 spiro atoms. The van der Waals surface area contributed by atoms with E-state index in [4.69, 9.17) is 0 Å². The standard InChI is InChI=1S/C19H23NO4/c1-2-3-8-20-19(24)17-16(11-6-4-5-7-11)12-9-14(21)15(22)10-13(12)18(17)23/h9-11,21-22H,2-8H2,1H3,(H,20,24). The van der Waals surface area contributed by atoms with Crippen molar-refractivity contribution in [3.63, 3.8) is 0 Å². The van der Waals surface area contributed by atoms with Crippen molar-refractivity contribution in [3.05, 3.63) is 28.8 Å². The molecule has 0 atom stereocenters. The van der Waals surface area contributed by atoms with E-state index in [0.717, 1.165) is 44.1 Å². The Labute approximate surface area is 141 Å². The minimum Gasteiger partial charge on any atom is -0.504 e. The van der Waals surface area contributed by atoms with Gasteiger partial charge in [0.05, 0.1) is 5.57 Å². The Bertz CT molecular complexity index is 714. The first-order valence-corrected chi connectivity index (χ1v) is 8.68. The second-order valence-electron chi connectivity index (χ2n) is 6.60. The normalized spacial score (nSPS) is 17.5. The maximum atomic E-state index is 12.8. The molecule has 1 amide bonds. The van der Waals surface area contributed by atoms with Crippen LogP contribution in [0.4, 0.5) is 0 Å². The quantitative estimate of drug-likeness (QED) is 0.440. The van der Waals surface area contributed by atoms with Gasteiger partial charge < -0.3 is 15.5 Å². The van der Waals surface area contributed by atoms with Gasteiger partial charge in [-0.2, -0.15) is 0 Å². The molecule has 0 aliphatic heterocycles. The smallest absolute Gasteiger partial charge is 0.255 e. The van der Waals surface area contributed by atoms with Crippen LogP contribution < -0.4 is 5.32 Å². The molecule has 3 N–H and O–H groups in total. The Kier molecular flexibility index (Phi) is 4.60. The van der Waals surface area contributed by atoms with Gasteiger partial charge in [-0.25, -0.2) is 0 Å². The Balaban J connectivity index is 2.04. The molecule has 5 nitrogen and oxygen atoms in total. The maximum Gasteiger partial charge on any atom is 0.255 e. The summed E-state index contributed by atoms with van der Waals surface area (Å²) >= 11 is 0. The summed E-state index contributed by atoms with van der Waals surface area (Å²) in [5, 5.41) is 22.4. The molecule has 0 heterocycles. The predicted octanol–water partition coefficient (Wildman–Crippen LogP) is 3.15. The molecular weight excluding hydrogens is 306 g/mol. The van der Waals surface area contributed by atoms with Crippen LogP contribution in [-0.4, -0.2) is 28.4 Å². The van der Waals surface area contributed by atoms with E-state index >= 15 is 0 Å². The number of hydrogen-bond donors (Lipinski definition) is 3. The van der Waals surface area contributed by atoms with Crippen LogP contribution in [-0.2, 0) is 4.79 Å². The van der Waals surface area contributed by atoms with E-state index < -0.39 is 0 Å². The monoisotopic (exact) mass is 329 g/mol. The third-order valence-corrected chi connectivity index (χ3v) is 4.95. The number of allylic oxidation sites excluding steroid dienone is 1. The number of Topliss-reactive ketones (excluding diaryl/α,β-unsaturated/α-hetero) is 1. The zero-order chi connectivity index (χ0) is 17.3. The summed E-state index contributed by atoms with van der Waals surface area (Å²) in [5.41, 5.74) is 1.85. The molecule has 5 heteroatoms. The first-order chi connectivity index (χ1) is 11.5. The summed E-state index contributed by atoms with van der Waals surface area (Å²) < 4.78 is 0. The molecule has 0 aromatic heterocycles. The molecule has 1 aromatic rings. The van der Waals surface area contributed by atoms with Gasteiger partial charge in [0.1, 0.15) is 0 Å². The largest absolute Gasteiger partial charge is 0.504 e. The van der Waals surface area contributed by atoms with Gasteiger partial charge in [-0.05, 0) is 48.4 Å². The van der Waals surface area contributed by atoms with E-state index in [2.05, 4.69) is 5.32 Å². The number of amides is 1. The van der Waals surface area contributed by atoms with E-state index in [1.807, 2.05) is 6.92 Å². The fraction of sp³-hybridized carbons (Fsp3) is 0.474. The zero-order valence-corrected chi connectivity index (χ0v) is 13.9. The fourth-order valence-electron chi connectivity index (χ4n) is 3.71. The molecule has 1 fully saturated rings. The molecular formula is C19H23NO4. The van der Waals surface area contributed by atoms with Crippen LogP contribution in [0, 0.1) is 5.92 Å². The number of ketones is 1. The molecule has 0 unspecified atom stereocenters. The Hall–Kier alpha value is -2.30. The van der Waals surface area contributed by atoms with Gasteiger partial charge in [0.15, 0.2) is 17.3 Å². The molecule has 128 valence electrons. The second kappa shape index (κ2) is 6.67. The number of phenols is 2. The van der Waals surface area contributed by atoms with Crippen molar-refractivity contribution in [1.82, 2.24) is 5.32 Å². The van der Waals surface area contributed by atoms with Gasteiger partial charge in [-0.3, -0.25) is 9.59 Å². The Morgan fingerprint density at radius 3 is 2.42 bits per heavy atom. The lowest BCUT2D eigenvalue weighted by atomic mass is 9.90. The molecule has 0 saturated heterocycles. The van der Waals surface area contributed by atoms with E-state index in [1.54, 1.807) is 0 Å². The molecule has 0 radical (unpaired) electrons. The van der Waals surface area contributed by atoms with Crippen molar-refractivity contribution in [2.75, 3.05) is 6.54 Å². The Morgan fingerprint density at radius 1 is 1.17 bits per heavy atom. The average molecular weight is 329 g/mol. The van der Waals surface area contributed by atoms with Gasteiger partial charge >= 0.3 is 0 Å². The number of carbonyl (C=O) groups excluding carboxylic acids is 2. The van der Waals surface area contributed by atoms with Crippen molar-refractivity contribution in [2.24, 2.45) is 5.92 Å². The molecule has 1 saturated carbocycles. The molecule has 0 bridgehead atoms. The van der Waals surface area contributed by atoms with Crippen LogP contribution >= 0.6 is 0 Å². The summed E-state index contributed by atoms with van der Waals surface area (Å²) in [7, 11) is 0. The maximum absolute atomic E-state index is 12.8. The van der Waals surface area contributed by atoms with E-state index in [9.17, 15) is 19.8 Å². The lowest BCUT2D eigenvalue weighted by Gasteiger charge is -2.15. The Morgan fingerprint density at radius 2 is 1.79 bits per heavy atom. The molecule has 2 aliphatic rings. The van der Waals surface area contributed by atoms with Crippen molar-refractivity contribution in [3.8, 4) is 11.5 Å². The summed E-state index contributed by atoms with van der Waals surface area (Å²) in [6, 6.07) is 2.69. The number of rotatable bonds is 5. The van der Waals surface area contributed by atoms with Crippen LogP contribution in [0.1, 0.15) is 61.4 Å². The number of unbranched alkanes of at least 4 members (excludes halogenated alkanes) is 1. The van der Waals surface area contributed by atoms with Crippen LogP contribution in [0.3, 0.4) is 0 Å². The van der Waals surface area contributed by atoms with Gasteiger partial charge in [0, 0.05) is 12.1 Å². The SMILES string of the molecule is CCCCNC(=O)C1=C(C2CCCC2)c2cc(O)c(O)cc2C1=O. The number of nitrogens with one attached hydrogen (secondary N) is 1. The summed E-state index contributed by atoms with van der Waals surface area (Å²) in [6.07, 6.45) is 5.86. The van der Waals surface area contributed by atoms with Crippen molar-refractivity contribution in [1.29, 1.82) is 0 Å². The lowest BCUT2D eigenvalue weighted by molar-refractivity contribution is -0.117. The third-order valence-electron chi connectivity index (χ3n) is 4.95. The zero-order valence-electron chi connectivity index (χ0n) is 13.9. The molecule has 2 aliphatic carbocycles. The third kappa shape index (κ3) is 2.79. The molecule has 1 aromatic carbocycles. The predicted molar refractivity (Wildman–Crippen MR) is 90.9 cm³/mol. The van der Waals surface area contributed by atoms with Gasteiger partial charge in [0.25, 0.3) is 5.91 Å². The lowest BCUT2D eigenvalue weighted by Crippen LogP contribution is -2.29. The van der Waals surface area contributed by atoms with Gasteiger partial charge in [-0.1, -0.05) is 26.2 Å². The number of aromatic hydroxyl groups is 2. The van der Waals surface area contributed by atoms with E-state index in [0.29, 0.717) is 17.7 Å². The van der Waals surface area contributed by atoms with Crippen LogP contribution in [0.25, 0.3) is 5.57 Å². The first-order valence-electron chi connectivity index (χ1n) is 8.68. The van der Waals surface area contributed by atoms with Gasteiger partial charge in [-0.15, -0.1) is 0 Å². The van der Waals surface area contributed by atoms with Crippen molar-refractivity contribution in [2.45, 2.75) is 45.4 Å². The van der Waals surface area contributed by atoms with E-state index in [1.165, 1.54) is 12.1 Å². The second-order valence-corrected chi connectivity index (χ2v) is 6.60. The van der Waals surface area contributed by atoms with Crippen LogP contribution in [0.15, 0.2) is 17.7 Å². The number of fused-ring (bicyclic) bond motifs is 1. The topological polar surface area (TPSA) is 86.6 Å². The van der Waals surface area contributed by atoms with Crippen molar-refractivity contribution < 1.29 is 19.8 Å². The minimum absolute atomic E-state index is 0.158. The summed E-state index contributed by atoms with van der Waals surface area (Å²) in [4.78, 5) is 25.4. The molecule has 24 heavy (non-hydrogen) atoms. The van der Waals surface area contributed by atoms with Crippen LogP contribution in [0.5, 0.6) is 11.5 Å². The highest BCUT2D eigenvalue weighted by molar-refractivity contribution is 6.35. The number of phenolic OH excluding ortho intramolecular Hbond substituents is 2. The highest BCUT2D eigenvalue weighted by Crippen LogP contribution is 2.46. The molecule has 3 rings (SSSR count). The summed E-state index contributed by atoms with van der Waals surface area (Å²) in [6.45, 7) is 2.58.